The Morgan fingerprint density at radius 1 is 1.33 bits per heavy atom. The van der Waals surface area contributed by atoms with E-state index in [0.717, 1.165) is 5.56 Å². The fraction of sp³-hybridized carbons (Fsp3) is 0.529. The van der Waals surface area contributed by atoms with Crippen LogP contribution < -0.4 is 61.2 Å². The number of aliphatic hydroxyl groups is 1. The second kappa shape index (κ2) is 9.31. The Morgan fingerprint density at radius 3 is 2.46 bits per heavy atom. The summed E-state index contributed by atoms with van der Waals surface area (Å²) >= 11 is 0. The van der Waals surface area contributed by atoms with Crippen LogP contribution in [0.4, 0.5) is 0 Å². The van der Waals surface area contributed by atoms with Crippen molar-refractivity contribution >= 4 is 11.9 Å². The average Bonchev–Trinajstić information content (AvgIpc) is 2.55. The quantitative estimate of drug-likeness (QED) is 0.581. The van der Waals surface area contributed by atoms with Crippen LogP contribution in [0.3, 0.4) is 0 Å². The van der Waals surface area contributed by atoms with E-state index in [-0.39, 0.29) is 70.3 Å². The second-order valence-electron chi connectivity index (χ2n) is 6.02. The van der Waals surface area contributed by atoms with Crippen molar-refractivity contribution in [3.63, 3.8) is 0 Å². The van der Waals surface area contributed by atoms with Crippen LogP contribution in [0.15, 0.2) is 18.2 Å². The van der Waals surface area contributed by atoms with E-state index in [1.54, 1.807) is 24.1 Å². The molecule has 0 aromatic heterocycles. The van der Waals surface area contributed by atoms with Gasteiger partial charge in [0, 0.05) is 36.6 Å². The summed E-state index contributed by atoms with van der Waals surface area (Å²) in [7, 11) is 1.56. The first-order valence-electron chi connectivity index (χ1n) is 7.70. The summed E-state index contributed by atoms with van der Waals surface area (Å²) in [6, 6.07) is 5.27. The molecule has 126 valence electrons. The minimum absolute atomic E-state index is 0. The van der Waals surface area contributed by atoms with Crippen molar-refractivity contribution in [2.75, 3.05) is 26.8 Å². The molecule has 0 saturated carbocycles. The number of aliphatic hydroxyl groups excluding tert-OH is 1. The van der Waals surface area contributed by atoms with Gasteiger partial charge >= 0.3 is 51.4 Å². The maximum atomic E-state index is 12.6. The number of carboxylic acids is 1. The van der Waals surface area contributed by atoms with Gasteiger partial charge in [0.25, 0.3) is 5.91 Å². The number of aryl methyl sites for hydroxylation is 1. The van der Waals surface area contributed by atoms with Crippen molar-refractivity contribution in [2.45, 2.75) is 26.2 Å². The van der Waals surface area contributed by atoms with Crippen molar-refractivity contribution in [3.05, 3.63) is 29.3 Å². The number of hydrogen-bond acceptors (Lipinski definition) is 5. The van der Waals surface area contributed by atoms with E-state index in [9.17, 15) is 14.7 Å². The van der Waals surface area contributed by atoms with Crippen molar-refractivity contribution in [1.29, 1.82) is 0 Å². The van der Waals surface area contributed by atoms with Crippen LogP contribution >= 0.6 is 0 Å². The van der Waals surface area contributed by atoms with Gasteiger partial charge < -0.3 is 24.6 Å². The van der Waals surface area contributed by atoms with Gasteiger partial charge in [-0.25, -0.2) is 0 Å². The first-order valence-corrected chi connectivity index (χ1v) is 7.70. The zero-order valence-corrected chi connectivity index (χ0v) is 17.6. The molecule has 24 heavy (non-hydrogen) atoms. The van der Waals surface area contributed by atoms with Gasteiger partial charge in [0.15, 0.2) is 0 Å². The Kier molecular flexibility index (Phi) is 8.38. The molecule has 1 heterocycles. The van der Waals surface area contributed by atoms with Crippen LogP contribution in [-0.4, -0.2) is 48.7 Å². The van der Waals surface area contributed by atoms with Gasteiger partial charge in [0.2, 0.25) is 0 Å². The van der Waals surface area contributed by atoms with Gasteiger partial charge in [-0.3, -0.25) is 4.79 Å². The molecule has 1 amide bonds. The topological polar surface area (TPSA) is 89.9 Å². The van der Waals surface area contributed by atoms with E-state index >= 15 is 0 Å². The number of likely N-dealkylation sites (tertiary alicyclic amines) is 1. The van der Waals surface area contributed by atoms with Crippen LogP contribution in [0.25, 0.3) is 0 Å². The summed E-state index contributed by atoms with van der Waals surface area (Å²) in [5.41, 5.74) is 0.438. The third kappa shape index (κ3) is 4.59. The number of amides is 1. The smallest absolute Gasteiger partial charge is 0.550 e. The fourth-order valence-corrected chi connectivity index (χ4v) is 3.04. The summed E-state index contributed by atoms with van der Waals surface area (Å²) in [4.78, 5) is 25.6. The number of carboxylic acid groups (broad SMARTS) is 1. The molecule has 0 radical (unpaired) electrons. The zero-order valence-electron chi connectivity index (χ0n) is 14.5. The largest absolute Gasteiger partial charge is 1.00 e. The number of aliphatic carboxylic acids is 1. The zero-order chi connectivity index (χ0) is 17.0. The van der Waals surface area contributed by atoms with E-state index < -0.39 is 11.4 Å². The Balaban J connectivity index is 0.00000288. The number of benzene rings is 1. The Bertz CT molecular complexity index is 597. The fourth-order valence-electron chi connectivity index (χ4n) is 3.04. The van der Waals surface area contributed by atoms with Crippen molar-refractivity contribution in [3.8, 4) is 5.75 Å². The molecule has 6 nitrogen and oxygen atoms in total. The van der Waals surface area contributed by atoms with Crippen LogP contribution in [0, 0.1) is 12.3 Å². The van der Waals surface area contributed by atoms with Crippen LogP contribution in [0.5, 0.6) is 5.75 Å². The standard InChI is InChI=1S/C17H23NO5.K/c1-12-3-4-13(11-14(12)23-2)15(20)18-8-5-17(6-9-18,7-10-19)16(21)22;/h3-4,11,19H,5-10H2,1-2H3,(H,21,22);/q;+1/p-1. The van der Waals surface area contributed by atoms with Crippen LogP contribution in [-0.2, 0) is 4.79 Å². The van der Waals surface area contributed by atoms with Crippen molar-refractivity contribution in [2.24, 2.45) is 5.41 Å². The maximum absolute atomic E-state index is 12.6. The second-order valence-corrected chi connectivity index (χ2v) is 6.02. The third-order valence-electron chi connectivity index (χ3n) is 4.69. The predicted molar refractivity (Wildman–Crippen MR) is 82.0 cm³/mol. The average molecular weight is 359 g/mol. The molecule has 1 N–H and O–H groups in total. The molecule has 1 saturated heterocycles. The van der Waals surface area contributed by atoms with Gasteiger partial charge in [-0.05, 0) is 43.9 Å². The van der Waals surface area contributed by atoms with Gasteiger partial charge in [-0.1, -0.05) is 6.07 Å². The minimum atomic E-state index is -1.14. The Hall–Kier alpha value is -0.444. The number of carbonyl (C=O) groups is 2. The molecule has 1 aliphatic rings. The van der Waals surface area contributed by atoms with E-state index in [4.69, 9.17) is 9.84 Å². The summed E-state index contributed by atoms with van der Waals surface area (Å²) in [5, 5.41) is 20.5. The third-order valence-corrected chi connectivity index (χ3v) is 4.69. The SMILES string of the molecule is COc1cc(C(=O)N2CCC(CCO)(C(=O)[O-])CC2)ccc1C.[K+]. The molecule has 7 heteroatoms. The summed E-state index contributed by atoms with van der Waals surface area (Å²) in [5.74, 6) is -0.632. The first kappa shape index (κ1) is 21.6. The van der Waals surface area contributed by atoms with E-state index in [0.29, 0.717) is 37.2 Å². The summed E-state index contributed by atoms with van der Waals surface area (Å²) < 4.78 is 5.24. The molecule has 1 aliphatic heterocycles. The van der Waals surface area contributed by atoms with E-state index in [1.807, 2.05) is 13.0 Å². The molecule has 1 aromatic carbocycles. The molecule has 1 fully saturated rings. The Labute approximate surface area is 184 Å². The minimum Gasteiger partial charge on any atom is -0.550 e. The normalized spacial score (nSPS) is 16.2. The molecule has 0 atom stereocenters. The number of rotatable bonds is 5. The van der Waals surface area contributed by atoms with Crippen molar-refractivity contribution < 1.29 is 75.9 Å². The number of hydrogen-bond donors (Lipinski definition) is 1. The molecule has 0 unspecified atom stereocenters. The maximum Gasteiger partial charge on any atom is 1.00 e. The number of piperidine rings is 1. The number of methoxy groups -OCH3 is 1. The number of ether oxygens (including phenoxy) is 1. The summed E-state index contributed by atoms with van der Waals surface area (Å²) in [6.07, 6.45) is 0.755. The van der Waals surface area contributed by atoms with Gasteiger partial charge in [-0.15, -0.1) is 0 Å². The van der Waals surface area contributed by atoms with Gasteiger partial charge in [0.1, 0.15) is 5.75 Å². The molecule has 2 rings (SSSR count). The number of nitrogens with zero attached hydrogens (tertiary/aromatic N) is 1. The summed E-state index contributed by atoms with van der Waals surface area (Å²) in [6.45, 7) is 2.38. The number of carbonyl (C=O) groups excluding carboxylic acids is 2. The molecule has 0 bridgehead atoms. The van der Waals surface area contributed by atoms with Crippen LogP contribution in [0.2, 0.25) is 0 Å². The van der Waals surface area contributed by atoms with Crippen molar-refractivity contribution in [1.82, 2.24) is 4.90 Å². The predicted octanol–water partition coefficient (Wildman–Crippen LogP) is -2.64. The Morgan fingerprint density at radius 2 is 1.96 bits per heavy atom. The molecular formula is C17H22KNO5. The monoisotopic (exact) mass is 359 g/mol. The van der Waals surface area contributed by atoms with Gasteiger partial charge in [0.05, 0.1) is 7.11 Å². The van der Waals surface area contributed by atoms with Gasteiger partial charge in [-0.2, -0.15) is 0 Å². The molecule has 0 spiro atoms. The first-order chi connectivity index (χ1) is 10.9. The molecule has 1 aromatic rings. The van der Waals surface area contributed by atoms with E-state index in [1.165, 1.54) is 0 Å². The molecular weight excluding hydrogens is 337 g/mol. The van der Waals surface area contributed by atoms with Crippen LogP contribution in [0.1, 0.15) is 35.2 Å². The molecule has 0 aliphatic carbocycles. The van der Waals surface area contributed by atoms with E-state index in [2.05, 4.69) is 0 Å².